The highest BCUT2D eigenvalue weighted by Crippen LogP contribution is 2.34. The van der Waals surface area contributed by atoms with Gasteiger partial charge in [0.05, 0.1) is 6.07 Å². The lowest BCUT2D eigenvalue weighted by molar-refractivity contribution is 0.391. The molecular formula is C17H18N2S. The molecule has 20 heavy (non-hydrogen) atoms. The number of benzene rings is 1. The monoisotopic (exact) mass is 282 g/mol. The summed E-state index contributed by atoms with van der Waals surface area (Å²) in [5.41, 5.74) is 1.97. The number of hydrogen-bond donors (Lipinski definition) is 1. The molecule has 0 aliphatic heterocycles. The molecule has 1 aromatic heterocycles. The zero-order valence-electron chi connectivity index (χ0n) is 11.4. The fraction of sp³-hybridized carbons (Fsp3) is 0.353. The molecule has 1 atom stereocenters. The first-order valence-electron chi connectivity index (χ1n) is 7.11. The van der Waals surface area contributed by atoms with Crippen LogP contribution in [-0.2, 0) is 18.5 Å². The maximum absolute atomic E-state index is 9.83. The summed E-state index contributed by atoms with van der Waals surface area (Å²) in [5, 5.41) is 15.4. The summed E-state index contributed by atoms with van der Waals surface area (Å²) in [6, 6.07) is 15.1. The molecule has 2 nitrogen and oxygen atoms in total. The Morgan fingerprint density at radius 1 is 1.20 bits per heavy atom. The molecule has 1 aromatic carbocycles. The van der Waals surface area contributed by atoms with Crippen LogP contribution < -0.4 is 5.32 Å². The Morgan fingerprint density at radius 2 is 2.10 bits per heavy atom. The van der Waals surface area contributed by atoms with Crippen LogP contribution in [0.4, 0.5) is 0 Å². The molecule has 0 saturated carbocycles. The van der Waals surface area contributed by atoms with Crippen molar-refractivity contribution in [2.45, 2.75) is 37.8 Å². The summed E-state index contributed by atoms with van der Waals surface area (Å²) in [5.74, 6) is 0. The third-order valence-corrected chi connectivity index (χ3v) is 4.94. The maximum atomic E-state index is 9.83. The van der Waals surface area contributed by atoms with Gasteiger partial charge in [0.2, 0.25) is 0 Å². The van der Waals surface area contributed by atoms with E-state index >= 15 is 0 Å². The molecule has 1 aliphatic rings. The Morgan fingerprint density at radius 3 is 2.90 bits per heavy atom. The van der Waals surface area contributed by atoms with E-state index < -0.39 is 5.54 Å². The van der Waals surface area contributed by atoms with Gasteiger partial charge in [-0.3, -0.25) is 5.32 Å². The van der Waals surface area contributed by atoms with Crippen molar-refractivity contribution in [1.82, 2.24) is 5.32 Å². The van der Waals surface area contributed by atoms with Crippen molar-refractivity contribution >= 4 is 11.3 Å². The molecule has 2 aromatic rings. The second-order valence-corrected chi connectivity index (χ2v) is 6.35. The number of nitrogens with zero attached hydrogens (tertiary/aromatic N) is 1. The second kappa shape index (κ2) is 5.78. The van der Waals surface area contributed by atoms with E-state index in [1.165, 1.54) is 22.4 Å². The van der Waals surface area contributed by atoms with Gasteiger partial charge in [-0.1, -0.05) is 30.3 Å². The summed E-state index contributed by atoms with van der Waals surface area (Å²) >= 11 is 1.74. The fourth-order valence-corrected chi connectivity index (χ4v) is 3.63. The third kappa shape index (κ3) is 2.49. The molecule has 0 spiro atoms. The Bertz CT molecular complexity index is 612. The van der Waals surface area contributed by atoms with Crippen LogP contribution in [0.5, 0.6) is 0 Å². The van der Waals surface area contributed by atoms with Crippen molar-refractivity contribution in [1.29, 1.82) is 5.26 Å². The van der Waals surface area contributed by atoms with E-state index in [2.05, 4.69) is 47.1 Å². The van der Waals surface area contributed by atoms with E-state index in [4.69, 9.17) is 0 Å². The first kappa shape index (κ1) is 13.4. The third-order valence-electron chi connectivity index (χ3n) is 4.06. The number of aryl methyl sites for hydroxylation is 1. The Hall–Kier alpha value is -1.63. The first-order chi connectivity index (χ1) is 9.84. The van der Waals surface area contributed by atoms with Crippen LogP contribution in [0.1, 0.15) is 35.3 Å². The number of rotatable bonds is 3. The van der Waals surface area contributed by atoms with Crippen LogP contribution in [0, 0.1) is 11.3 Å². The van der Waals surface area contributed by atoms with Gasteiger partial charge in [0, 0.05) is 11.4 Å². The van der Waals surface area contributed by atoms with E-state index in [0.29, 0.717) is 0 Å². The van der Waals surface area contributed by atoms with Gasteiger partial charge in [-0.25, -0.2) is 0 Å². The molecule has 3 rings (SSSR count). The highest BCUT2D eigenvalue weighted by atomic mass is 32.1. The Kier molecular flexibility index (Phi) is 3.86. The molecule has 1 unspecified atom stereocenters. The number of nitriles is 1. The lowest BCUT2D eigenvalue weighted by Crippen LogP contribution is -2.40. The molecule has 0 fully saturated rings. The molecule has 1 N–H and O–H groups in total. The smallest absolute Gasteiger partial charge is 0.132 e. The Labute approximate surface area is 124 Å². The summed E-state index contributed by atoms with van der Waals surface area (Å²) in [4.78, 5) is 1.28. The van der Waals surface area contributed by atoms with E-state index in [1.54, 1.807) is 11.3 Å². The zero-order chi connectivity index (χ0) is 13.8. The topological polar surface area (TPSA) is 35.8 Å². The molecular weight excluding hydrogens is 264 g/mol. The first-order valence-corrected chi connectivity index (χ1v) is 7.99. The lowest BCUT2D eigenvalue weighted by Gasteiger charge is -2.28. The van der Waals surface area contributed by atoms with Crippen LogP contribution in [0.2, 0.25) is 0 Å². The minimum absolute atomic E-state index is 0.531. The number of nitrogens with one attached hydrogen (secondary N) is 1. The predicted molar refractivity (Wildman–Crippen MR) is 82.4 cm³/mol. The maximum Gasteiger partial charge on any atom is 0.132 e. The lowest BCUT2D eigenvalue weighted by atomic mass is 9.85. The average Bonchev–Trinajstić information content (AvgIpc) is 2.94. The molecule has 0 radical (unpaired) electrons. The number of thiophene rings is 1. The van der Waals surface area contributed by atoms with Gasteiger partial charge in [-0.15, -0.1) is 11.3 Å². The van der Waals surface area contributed by atoms with E-state index in [-0.39, 0.29) is 0 Å². The normalized spacial score (nSPS) is 21.8. The van der Waals surface area contributed by atoms with Gasteiger partial charge in [-0.05, 0) is 48.3 Å². The highest BCUT2D eigenvalue weighted by Gasteiger charge is 2.34. The number of hydrogen-bond acceptors (Lipinski definition) is 3. The van der Waals surface area contributed by atoms with E-state index in [1.807, 2.05) is 6.07 Å². The molecule has 102 valence electrons. The summed E-state index contributed by atoms with van der Waals surface area (Å²) in [7, 11) is 0. The number of fused-ring (bicyclic) bond motifs is 1. The highest BCUT2D eigenvalue weighted by molar-refractivity contribution is 7.09. The van der Waals surface area contributed by atoms with E-state index in [0.717, 1.165) is 25.8 Å². The van der Waals surface area contributed by atoms with Crippen molar-refractivity contribution in [3.05, 3.63) is 57.8 Å². The van der Waals surface area contributed by atoms with Gasteiger partial charge < -0.3 is 0 Å². The minimum atomic E-state index is -0.531. The summed E-state index contributed by atoms with van der Waals surface area (Å²) in [6.45, 7) is 0.763. The van der Waals surface area contributed by atoms with Gasteiger partial charge in [0.25, 0.3) is 0 Å². The van der Waals surface area contributed by atoms with Crippen molar-refractivity contribution in [2.75, 3.05) is 0 Å². The Balaban J connectivity index is 1.92. The van der Waals surface area contributed by atoms with Crippen LogP contribution in [0.15, 0.2) is 41.8 Å². The second-order valence-electron chi connectivity index (χ2n) is 5.31. The van der Waals surface area contributed by atoms with Crippen molar-refractivity contribution in [3.63, 3.8) is 0 Å². The minimum Gasteiger partial charge on any atom is -0.291 e. The molecule has 0 amide bonds. The van der Waals surface area contributed by atoms with Crippen LogP contribution in [0.25, 0.3) is 0 Å². The van der Waals surface area contributed by atoms with Crippen molar-refractivity contribution < 1.29 is 0 Å². The van der Waals surface area contributed by atoms with Crippen molar-refractivity contribution in [2.24, 2.45) is 0 Å². The SMILES string of the molecule is N#CC1(NCc2cccs2)CCCCc2ccccc21. The summed E-state index contributed by atoms with van der Waals surface area (Å²) < 4.78 is 0. The van der Waals surface area contributed by atoms with Crippen LogP contribution >= 0.6 is 11.3 Å². The largest absolute Gasteiger partial charge is 0.291 e. The average molecular weight is 282 g/mol. The fourth-order valence-electron chi connectivity index (χ4n) is 2.99. The molecule has 3 heteroatoms. The van der Waals surface area contributed by atoms with Gasteiger partial charge >= 0.3 is 0 Å². The van der Waals surface area contributed by atoms with Gasteiger partial charge in [0.15, 0.2) is 0 Å². The molecule has 0 bridgehead atoms. The quantitative estimate of drug-likeness (QED) is 0.864. The van der Waals surface area contributed by atoms with E-state index in [9.17, 15) is 5.26 Å². The molecule has 0 saturated heterocycles. The zero-order valence-corrected chi connectivity index (χ0v) is 12.2. The van der Waals surface area contributed by atoms with Crippen molar-refractivity contribution in [3.8, 4) is 6.07 Å². The standard InChI is InChI=1S/C17H18N2S/c18-13-17(19-12-15-8-5-11-20-15)10-4-3-7-14-6-1-2-9-16(14)17/h1-2,5-6,8-9,11,19H,3-4,7,10,12H2. The van der Waals surface area contributed by atoms with Gasteiger partial charge in [0.1, 0.15) is 5.54 Å². The van der Waals surface area contributed by atoms with Gasteiger partial charge in [-0.2, -0.15) is 5.26 Å². The van der Waals surface area contributed by atoms with Crippen LogP contribution in [-0.4, -0.2) is 0 Å². The summed E-state index contributed by atoms with van der Waals surface area (Å²) in [6.07, 6.45) is 4.24. The molecule has 1 aliphatic carbocycles. The predicted octanol–water partition coefficient (Wildman–Crippen LogP) is 3.98. The van der Waals surface area contributed by atoms with Crippen LogP contribution in [0.3, 0.4) is 0 Å². The molecule has 1 heterocycles.